The molecule has 1 atom stereocenters. The van der Waals surface area contributed by atoms with Crippen molar-refractivity contribution in [2.45, 2.75) is 32.0 Å². The largest absolute Gasteiger partial charge is 0.468 e. The molecule has 0 N–H and O–H groups in total. The third kappa shape index (κ3) is 4.35. The standard InChI is InChI=1S/C10H16F3NO2.ClH/c1-7(9(15)16-2)14-5-3-8(4-6-14)10(11,12)13;/h7-8H,3-6H2,1-2H3;1H. The molecule has 0 aliphatic carbocycles. The highest BCUT2D eigenvalue weighted by atomic mass is 35.5. The minimum atomic E-state index is -4.11. The Labute approximate surface area is 105 Å². The van der Waals surface area contributed by atoms with Crippen LogP contribution in [0.3, 0.4) is 0 Å². The number of likely N-dealkylation sites (tertiary alicyclic amines) is 1. The van der Waals surface area contributed by atoms with Crippen molar-refractivity contribution in [1.82, 2.24) is 4.90 Å². The highest BCUT2D eigenvalue weighted by molar-refractivity contribution is 5.85. The Bertz CT molecular complexity index is 252. The van der Waals surface area contributed by atoms with E-state index in [1.807, 2.05) is 0 Å². The van der Waals surface area contributed by atoms with E-state index < -0.39 is 24.1 Å². The quantitative estimate of drug-likeness (QED) is 0.724. The lowest BCUT2D eigenvalue weighted by molar-refractivity contribution is -0.186. The number of hydrogen-bond acceptors (Lipinski definition) is 3. The molecular formula is C10H17ClF3NO2. The second-order valence-electron chi connectivity index (χ2n) is 4.05. The van der Waals surface area contributed by atoms with Crippen molar-refractivity contribution in [3.8, 4) is 0 Å². The number of carbonyl (C=O) groups is 1. The predicted molar refractivity (Wildman–Crippen MR) is 59.1 cm³/mol. The fraction of sp³-hybridized carbons (Fsp3) is 0.900. The van der Waals surface area contributed by atoms with E-state index in [-0.39, 0.29) is 25.2 Å². The summed E-state index contributed by atoms with van der Waals surface area (Å²) in [5.74, 6) is -1.63. The topological polar surface area (TPSA) is 29.5 Å². The maximum atomic E-state index is 12.4. The summed E-state index contributed by atoms with van der Waals surface area (Å²) in [5.41, 5.74) is 0. The van der Waals surface area contributed by atoms with Crippen LogP contribution in [0.4, 0.5) is 13.2 Å². The lowest BCUT2D eigenvalue weighted by Gasteiger charge is -2.35. The van der Waals surface area contributed by atoms with E-state index in [0.29, 0.717) is 13.1 Å². The highest BCUT2D eigenvalue weighted by Crippen LogP contribution is 2.34. The molecule has 1 heterocycles. The van der Waals surface area contributed by atoms with Crippen LogP contribution in [0.25, 0.3) is 0 Å². The Morgan fingerprint density at radius 2 is 1.82 bits per heavy atom. The number of carbonyl (C=O) groups excluding carboxylic acids is 1. The van der Waals surface area contributed by atoms with E-state index in [2.05, 4.69) is 4.74 Å². The van der Waals surface area contributed by atoms with Gasteiger partial charge in [0.05, 0.1) is 13.0 Å². The van der Waals surface area contributed by atoms with Crippen LogP contribution in [0.5, 0.6) is 0 Å². The number of esters is 1. The van der Waals surface area contributed by atoms with Gasteiger partial charge in [-0.25, -0.2) is 0 Å². The van der Waals surface area contributed by atoms with Crippen LogP contribution >= 0.6 is 12.4 Å². The molecule has 1 aliphatic rings. The molecule has 1 aliphatic heterocycles. The number of hydrogen-bond donors (Lipinski definition) is 0. The SMILES string of the molecule is COC(=O)C(C)N1CCC(C(F)(F)F)CC1.Cl. The van der Waals surface area contributed by atoms with Gasteiger partial charge in [-0.3, -0.25) is 9.69 Å². The molecule has 7 heteroatoms. The first-order valence-corrected chi connectivity index (χ1v) is 5.25. The number of methoxy groups -OCH3 is 1. The molecule has 3 nitrogen and oxygen atoms in total. The average molecular weight is 276 g/mol. The van der Waals surface area contributed by atoms with Crippen molar-refractivity contribution in [2.24, 2.45) is 5.92 Å². The third-order valence-electron chi connectivity index (χ3n) is 3.08. The van der Waals surface area contributed by atoms with Gasteiger partial charge in [0.15, 0.2) is 0 Å². The zero-order valence-corrected chi connectivity index (χ0v) is 10.6. The summed E-state index contributed by atoms with van der Waals surface area (Å²) < 4.78 is 41.7. The zero-order chi connectivity index (χ0) is 12.3. The van der Waals surface area contributed by atoms with Gasteiger partial charge in [-0.2, -0.15) is 13.2 Å². The Hall–Kier alpha value is -0.490. The van der Waals surface area contributed by atoms with Crippen molar-refractivity contribution in [1.29, 1.82) is 0 Å². The zero-order valence-electron chi connectivity index (χ0n) is 9.79. The molecule has 0 radical (unpaired) electrons. The van der Waals surface area contributed by atoms with E-state index in [0.717, 1.165) is 0 Å². The fourth-order valence-corrected chi connectivity index (χ4v) is 1.93. The van der Waals surface area contributed by atoms with E-state index in [1.54, 1.807) is 11.8 Å². The Morgan fingerprint density at radius 1 is 1.35 bits per heavy atom. The summed E-state index contributed by atoms with van der Waals surface area (Å²) in [6.07, 6.45) is -3.99. The molecule has 0 amide bonds. The molecule has 0 aromatic carbocycles. The first kappa shape index (κ1) is 16.5. The Balaban J connectivity index is 0.00000256. The van der Waals surface area contributed by atoms with Gasteiger partial charge in [-0.1, -0.05) is 0 Å². The molecule has 1 unspecified atom stereocenters. The summed E-state index contributed by atoms with van der Waals surface area (Å²) in [7, 11) is 1.28. The van der Waals surface area contributed by atoms with E-state index in [1.165, 1.54) is 7.11 Å². The van der Waals surface area contributed by atoms with Gasteiger partial charge in [-0.05, 0) is 32.9 Å². The first-order valence-electron chi connectivity index (χ1n) is 5.25. The summed E-state index contributed by atoms with van der Waals surface area (Å²) in [4.78, 5) is 12.9. The monoisotopic (exact) mass is 275 g/mol. The number of ether oxygens (including phenoxy) is 1. The molecule has 0 spiro atoms. The number of rotatable bonds is 2. The molecular weight excluding hydrogens is 259 g/mol. The Morgan fingerprint density at radius 3 is 2.18 bits per heavy atom. The maximum Gasteiger partial charge on any atom is 0.391 e. The summed E-state index contributed by atoms with van der Waals surface area (Å²) in [6, 6.07) is -0.459. The number of nitrogens with zero attached hydrogens (tertiary/aromatic N) is 1. The van der Waals surface area contributed by atoms with Gasteiger partial charge >= 0.3 is 12.1 Å². The summed E-state index contributed by atoms with van der Waals surface area (Å²) in [5, 5.41) is 0. The maximum absolute atomic E-state index is 12.4. The van der Waals surface area contributed by atoms with Crippen LogP contribution in [-0.4, -0.2) is 43.3 Å². The predicted octanol–water partition coefficient (Wildman–Crippen LogP) is 2.24. The molecule has 0 aromatic heterocycles. The smallest absolute Gasteiger partial charge is 0.391 e. The number of alkyl halides is 3. The van der Waals surface area contributed by atoms with Crippen molar-refractivity contribution in [3.63, 3.8) is 0 Å². The van der Waals surface area contributed by atoms with Crippen molar-refractivity contribution < 1.29 is 22.7 Å². The van der Waals surface area contributed by atoms with Gasteiger partial charge in [0.2, 0.25) is 0 Å². The van der Waals surface area contributed by atoms with Gasteiger partial charge < -0.3 is 4.74 Å². The lowest BCUT2D eigenvalue weighted by Crippen LogP contribution is -2.46. The summed E-state index contributed by atoms with van der Waals surface area (Å²) in [6.45, 7) is 2.24. The van der Waals surface area contributed by atoms with Crippen molar-refractivity contribution in [2.75, 3.05) is 20.2 Å². The minimum Gasteiger partial charge on any atom is -0.468 e. The van der Waals surface area contributed by atoms with E-state index >= 15 is 0 Å². The number of piperidine rings is 1. The van der Waals surface area contributed by atoms with E-state index in [9.17, 15) is 18.0 Å². The molecule has 1 fully saturated rings. The van der Waals surface area contributed by atoms with Crippen LogP contribution in [0.2, 0.25) is 0 Å². The second-order valence-corrected chi connectivity index (χ2v) is 4.05. The lowest BCUT2D eigenvalue weighted by atomic mass is 9.95. The first-order chi connectivity index (χ1) is 7.36. The van der Waals surface area contributed by atoms with Crippen molar-refractivity contribution in [3.05, 3.63) is 0 Å². The molecule has 17 heavy (non-hydrogen) atoms. The van der Waals surface area contributed by atoms with Gasteiger partial charge in [0.25, 0.3) is 0 Å². The Kier molecular flexibility index (Phi) is 6.26. The molecule has 1 rings (SSSR count). The van der Waals surface area contributed by atoms with Crippen LogP contribution in [0, 0.1) is 5.92 Å². The van der Waals surface area contributed by atoms with Crippen LogP contribution in [0.1, 0.15) is 19.8 Å². The van der Waals surface area contributed by atoms with Gasteiger partial charge in [0.1, 0.15) is 6.04 Å². The van der Waals surface area contributed by atoms with E-state index in [4.69, 9.17) is 0 Å². The van der Waals surface area contributed by atoms with Crippen LogP contribution in [-0.2, 0) is 9.53 Å². The molecule has 102 valence electrons. The molecule has 0 bridgehead atoms. The third-order valence-corrected chi connectivity index (χ3v) is 3.08. The minimum absolute atomic E-state index is 0. The number of halogens is 4. The molecule has 1 saturated heterocycles. The second kappa shape index (κ2) is 6.44. The van der Waals surface area contributed by atoms with Gasteiger partial charge in [0, 0.05) is 0 Å². The fourth-order valence-electron chi connectivity index (χ4n) is 1.93. The van der Waals surface area contributed by atoms with Crippen LogP contribution in [0.15, 0.2) is 0 Å². The highest BCUT2D eigenvalue weighted by Gasteiger charge is 2.42. The van der Waals surface area contributed by atoms with Crippen LogP contribution < -0.4 is 0 Å². The molecule has 0 saturated carbocycles. The van der Waals surface area contributed by atoms with Gasteiger partial charge in [-0.15, -0.1) is 12.4 Å². The summed E-state index contributed by atoms with van der Waals surface area (Å²) >= 11 is 0. The molecule has 0 aromatic rings. The van der Waals surface area contributed by atoms with Crippen molar-refractivity contribution >= 4 is 18.4 Å². The normalized spacial score (nSPS) is 20.5. The average Bonchev–Trinajstić information content (AvgIpc) is 2.26.